The number of hydrogen-bond acceptors (Lipinski definition) is 6. The second kappa shape index (κ2) is 6.85. The Morgan fingerprint density at radius 1 is 1.50 bits per heavy atom. The van der Waals surface area contributed by atoms with E-state index in [1.54, 1.807) is 6.20 Å². The molecule has 7 heteroatoms. The van der Waals surface area contributed by atoms with Crippen molar-refractivity contribution in [1.29, 1.82) is 0 Å². The first-order chi connectivity index (χ1) is 8.54. The first kappa shape index (κ1) is 14.3. The highest BCUT2D eigenvalue weighted by molar-refractivity contribution is 7.80. The second-order valence-electron chi connectivity index (χ2n) is 3.73. The molecule has 0 aromatic carbocycles. The number of methoxy groups -OCH3 is 1. The van der Waals surface area contributed by atoms with Gasteiger partial charge < -0.3 is 15.4 Å². The lowest BCUT2D eigenvalue weighted by atomic mass is 10.3. The van der Waals surface area contributed by atoms with Gasteiger partial charge in [-0.05, 0) is 6.42 Å². The topological polar surface area (TPSA) is 81.3 Å². The summed E-state index contributed by atoms with van der Waals surface area (Å²) in [6.45, 7) is 0.691. The minimum Gasteiger partial charge on any atom is -0.469 e. The van der Waals surface area contributed by atoms with Crippen LogP contribution in [0.3, 0.4) is 0 Å². The van der Waals surface area contributed by atoms with E-state index in [1.807, 2.05) is 11.9 Å². The monoisotopic (exact) mass is 268 g/mol. The molecule has 0 amide bonds. The standard InChI is InChI=1S/C11H16N4O2S/c1-15(5-3-4-10(16)17-2)9-7-13-8(6-14-9)11(12)18/h6-7H,3-5H2,1-2H3,(H2,12,18). The normalized spacial score (nSPS) is 9.89. The van der Waals surface area contributed by atoms with Crippen molar-refractivity contribution in [1.82, 2.24) is 9.97 Å². The van der Waals surface area contributed by atoms with Crippen molar-refractivity contribution in [3.63, 3.8) is 0 Å². The van der Waals surface area contributed by atoms with Gasteiger partial charge in [0.15, 0.2) is 0 Å². The average molecular weight is 268 g/mol. The molecule has 6 nitrogen and oxygen atoms in total. The van der Waals surface area contributed by atoms with Crippen molar-refractivity contribution in [3.8, 4) is 0 Å². The Morgan fingerprint density at radius 3 is 2.72 bits per heavy atom. The number of aromatic nitrogens is 2. The largest absolute Gasteiger partial charge is 0.469 e. The molecule has 0 bridgehead atoms. The number of hydrogen-bond donors (Lipinski definition) is 1. The maximum atomic E-state index is 11.0. The fourth-order valence-corrected chi connectivity index (χ4v) is 1.43. The van der Waals surface area contributed by atoms with E-state index in [2.05, 4.69) is 14.7 Å². The zero-order valence-electron chi connectivity index (χ0n) is 10.4. The number of rotatable bonds is 6. The summed E-state index contributed by atoms with van der Waals surface area (Å²) in [5.41, 5.74) is 5.93. The molecule has 1 aromatic rings. The molecule has 0 spiro atoms. The maximum absolute atomic E-state index is 11.0. The molecule has 0 aliphatic carbocycles. The van der Waals surface area contributed by atoms with Crippen molar-refractivity contribution < 1.29 is 9.53 Å². The lowest BCUT2D eigenvalue weighted by Crippen LogP contribution is -2.21. The molecule has 0 fully saturated rings. The van der Waals surface area contributed by atoms with E-state index in [-0.39, 0.29) is 11.0 Å². The molecule has 0 saturated heterocycles. The first-order valence-corrected chi connectivity index (χ1v) is 5.85. The fraction of sp³-hybridized carbons (Fsp3) is 0.455. The fourth-order valence-electron chi connectivity index (χ4n) is 1.32. The van der Waals surface area contributed by atoms with E-state index in [0.717, 1.165) is 0 Å². The molecule has 0 atom stereocenters. The van der Waals surface area contributed by atoms with Gasteiger partial charge in [-0.3, -0.25) is 4.79 Å². The molecule has 0 aliphatic heterocycles. The highest BCUT2D eigenvalue weighted by atomic mass is 32.1. The molecule has 0 unspecified atom stereocenters. The Bertz CT molecular complexity index is 422. The molecule has 98 valence electrons. The summed E-state index contributed by atoms with van der Waals surface area (Å²) in [4.78, 5) is 21.4. The van der Waals surface area contributed by atoms with Gasteiger partial charge in [0.25, 0.3) is 0 Å². The van der Waals surface area contributed by atoms with E-state index >= 15 is 0 Å². The van der Waals surface area contributed by atoms with Crippen molar-refractivity contribution in [2.75, 3.05) is 25.6 Å². The third-order valence-electron chi connectivity index (χ3n) is 2.38. The van der Waals surface area contributed by atoms with Crippen LogP contribution in [0.4, 0.5) is 5.82 Å². The van der Waals surface area contributed by atoms with Crippen molar-refractivity contribution in [2.24, 2.45) is 5.73 Å². The highest BCUT2D eigenvalue weighted by Gasteiger charge is 2.06. The summed E-state index contributed by atoms with van der Waals surface area (Å²) in [5.74, 6) is 0.498. The number of carbonyl (C=O) groups excluding carboxylic acids is 1. The second-order valence-corrected chi connectivity index (χ2v) is 4.17. The molecule has 1 aromatic heterocycles. The molecular formula is C11H16N4O2S. The first-order valence-electron chi connectivity index (χ1n) is 5.44. The van der Waals surface area contributed by atoms with Gasteiger partial charge in [0.2, 0.25) is 0 Å². The molecule has 1 rings (SSSR count). The summed E-state index contributed by atoms with van der Waals surface area (Å²) in [7, 11) is 3.26. The van der Waals surface area contributed by atoms with Crippen molar-refractivity contribution in [2.45, 2.75) is 12.8 Å². The number of nitrogens with zero attached hydrogens (tertiary/aromatic N) is 3. The van der Waals surface area contributed by atoms with E-state index in [4.69, 9.17) is 18.0 Å². The molecule has 0 saturated carbocycles. The van der Waals surface area contributed by atoms with E-state index in [1.165, 1.54) is 13.3 Å². The van der Waals surface area contributed by atoms with Crippen LogP contribution in [0.25, 0.3) is 0 Å². The Kier molecular flexibility index (Phi) is 5.44. The number of thiocarbonyl (C=S) groups is 1. The van der Waals surface area contributed by atoms with Crippen LogP contribution >= 0.6 is 12.2 Å². The lowest BCUT2D eigenvalue weighted by Gasteiger charge is -2.17. The number of esters is 1. The Labute approximate surface area is 111 Å². The summed E-state index contributed by atoms with van der Waals surface area (Å²) in [5, 5.41) is 0. The van der Waals surface area contributed by atoms with Crippen LogP contribution in [-0.4, -0.2) is 41.6 Å². The quantitative estimate of drug-likeness (QED) is 0.594. The number of anilines is 1. The SMILES string of the molecule is COC(=O)CCCN(C)c1cnc(C(N)=S)cn1. The highest BCUT2D eigenvalue weighted by Crippen LogP contribution is 2.08. The third-order valence-corrected chi connectivity index (χ3v) is 2.59. The molecule has 1 heterocycles. The minimum absolute atomic E-state index is 0.210. The van der Waals surface area contributed by atoms with Gasteiger partial charge in [-0.15, -0.1) is 0 Å². The molecule has 0 radical (unpaired) electrons. The van der Waals surface area contributed by atoms with Crippen LogP contribution in [0.15, 0.2) is 12.4 Å². The summed E-state index contributed by atoms with van der Waals surface area (Å²) >= 11 is 4.79. The predicted octanol–water partition coefficient (Wildman–Crippen LogP) is 0.500. The maximum Gasteiger partial charge on any atom is 0.305 e. The summed E-state index contributed by atoms with van der Waals surface area (Å²) < 4.78 is 4.57. The molecular weight excluding hydrogens is 252 g/mol. The van der Waals surface area contributed by atoms with Crippen LogP contribution in [-0.2, 0) is 9.53 Å². The van der Waals surface area contributed by atoms with Crippen LogP contribution < -0.4 is 10.6 Å². The molecule has 18 heavy (non-hydrogen) atoms. The van der Waals surface area contributed by atoms with Crippen molar-refractivity contribution >= 4 is 29.0 Å². The smallest absolute Gasteiger partial charge is 0.305 e. The van der Waals surface area contributed by atoms with Crippen LogP contribution in [0.2, 0.25) is 0 Å². The predicted molar refractivity (Wildman–Crippen MR) is 72.4 cm³/mol. The Hall–Kier alpha value is -1.76. The van der Waals surface area contributed by atoms with Crippen molar-refractivity contribution in [3.05, 3.63) is 18.1 Å². The van der Waals surface area contributed by atoms with Gasteiger partial charge in [-0.2, -0.15) is 0 Å². The number of nitrogens with two attached hydrogens (primary N) is 1. The number of carbonyl (C=O) groups is 1. The van der Waals surface area contributed by atoms with E-state index in [9.17, 15) is 4.79 Å². The lowest BCUT2D eigenvalue weighted by molar-refractivity contribution is -0.140. The molecule has 0 aliphatic rings. The minimum atomic E-state index is -0.210. The van der Waals surface area contributed by atoms with Gasteiger partial charge in [-0.25, -0.2) is 9.97 Å². The van der Waals surface area contributed by atoms with Gasteiger partial charge in [0.05, 0.1) is 19.5 Å². The van der Waals surface area contributed by atoms with E-state index in [0.29, 0.717) is 30.9 Å². The molecule has 2 N–H and O–H groups in total. The summed E-state index contributed by atoms with van der Waals surface area (Å²) in [6.07, 6.45) is 4.22. The van der Waals surface area contributed by atoms with Gasteiger partial charge >= 0.3 is 5.97 Å². The zero-order chi connectivity index (χ0) is 13.5. The van der Waals surface area contributed by atoms with Crippen LogP contribution in [0.5, 0.6) is 0 Å². The summed E-state index contributed by atoms with van der Waals surface area (Å²) in [6, 6.07) is 0. The third kappa shape index (κ3) is 4.25. The zero-order valence-corrected chi connectivity index (χ0v) is 11.2. The Morgan fingerprint density at radius 2 is 2.22 bits per heavy atom. The van der Waals surface area contributed by atoms with Crippen LogP contribution in [0.1, 0.15) is 18.5 Å². The average Bonchev–Trinajstić information content (AvgIpc) is 2.38. The number of ether oxygens (including phenoxy) is 1. The van der Waals surface area contributed by atoms with Crippen LogP contribution in [0, 0.1) is 0 Å². The van der Waals surface area contributed by atoms with Gasteiger partial charge in [-0.1, -0.05) is 12.2 Å². The van der Waals surface area contributed by atoms with Gasteiger partial charge in [0.1, 0.15) is 16.5 Å². The van der Waals surface area contributed by atoms with E-state index < -0.39 is 0 Å². The van der Waals surface area contributed by atoms with Gasteiger partial charge in [0, 0.05) is 20.0 Å². The Balaban J connectivity index is 2.48.